The van der Waals surface area contributed by atoms with Gasteiger partial charge in [0.05, 0.1) is 5.56 Å². The van der Waals surface area contributed by atoms with Gasteiger partial charge in [-0.1, -0.05) is 30.3 Å². The molecule has 0 atom stereocenters. The molecule has 0 spiro atoms. The molecule has 3 rings (SSSR count). The molecule has 2 aromatic carbocycles. The van der Waals surface area contributed by atoms with Crippen LogP contribution in [0.15, 0.2) is 42.5 Å². The smallest absolute Gasteiger partial charge is 0.257 e. The third-order valence-corrected chi connectivity index (χ3v) is 4.71. The minimum atomic E-state index is -1.60. The Bertz CT molecular complexity index is 759. The van der Waals surface area contributed by atoms with Gasteiger partial charge in [-0.15, -0.1) is 0 Å². The first-order valence-electron chi connectivity index (χ1n) is 8.75. The van der Waals surface area contributed by atoms with Gasteiger partial charge in [-0.3, -0.25) is 9.69 Å². The number of piperazine rings is 1. The topological polar surface area (TPSA) is 23.6 Å². The van der Waals surface area contributed by atoms with Crippen molar-refractivity contribution in [1.29, 1.82) is 0 Å². The number of rotatable bonds is 5. The van der Waals surface area contributed by atoms with Crippen molar-refractivity contribution in [1.82, 2.24) is 9.80 Å². The van der Waals surface area contributed by atoms with E-state index in [-0.39, 0.29) is 0 Å². The second kappa shape index (κ2) is 8.36. The van der Waals surface area contributed by atoms with Crippen LogP contribution in [0.1, 0.15) is 22.3 Å². The Morgan fingerprint density at radius 3 is 2.27 bits per heavy atom. The molecule has 1 saturated heterocycles. The molecule has 2 aromatic rings. The van der Waals surface area contributed by atoms with E-state index in [1.807, 2.05) is 18.2 Å². The van der Waals surface area contributed by atoms with Crippen molar-refractivity contribution < 1.29 is 18.0 Å². The van der Waals surface area contributed by atoms with Crippen LogP contribution in [-0.4, -0.2) is 48.4 Å². The molecule has 1 fully saturated rings. The van der Waals surface area contributed by atoms with E-state index in [4.69, 9.17) is 0 Å². The van der Waals surface area contributed by atoms with E-state index in [0.29, 0.717) is 26.2 Å². The van der Waals surface area contributed by atoms with E-state index in [0.717, 1.165) is 31.5 Å². The van der Waals surface area contributed by atoms with Gasteiger partial charge in [0.2, 0.25) is 0 Å². The molecule has 0 saturated carbocycles. The molecular formula is C20H21F3N2O. The summed E-state index contributed by atoms with van der Waals surface area (Å²) in [6, 6.07) is 12.0. The van der Waals surface area contributed by atoms with Crippen LogP contribution in [-0.2, 0) is 6.42 Å². The number of halogens is 3. The molecular weight excluding hydrogens is 341 g/mol. The lowest BCUT2D eigenvalue weighted by Gasteiger charge is -2.34. The van der Waals surface area contributed by atoms with Crippen molar-refractivity contribution in [3.8, 4) is 0 Å². The zero-order valence-corrected chi connectivity index (χ0v) is 14.4. The predicted molar refractivity (Wildman–Crippen MR) is 93.4 cm³/mol. The Morgan fingerprint density at radius 1 is 0.885 bits per heavy atom. The summed E-state index contributed by atoms with van der Waals surface area (Å²) in [7, 11) is 0. The summed E-state index contributed by atoms with van der Waals surface area (Å²) in [6.07, 6.45) is 2.02. The molecule has 1 amide bonds. The summed E-state index contributed by atoms with van der Waals surface area (Å²) >= 11 is 0. The molecule has 0 N–H and O–H groups in total. The number of aryl methyl sites for hydroxylation is 1. The summed E-state index contributed by atoms with van der Waals surface area (Å²) in [5.74, 6) is -4.90. The number of nitrogens with zero attached hydrogens (tertiary/aromatic N) is 2. The SMILES string of the molecule is O=C(c1ccc(F)c(F)c1F)N1CCN(CCCc2ccccc2)CC1. The van der Waals surface area contributed by atoms with E-state index >= 15 is 0 Å². The summed E-state index contributed by atoms with van der Waals surface area (Å²) in [5, 5.41) is 0. The lowest BCUT2D eigenvalue weighted by atomic mass is 10.1. The average Bonchev–Trinajstić information content (AvgIpc) is 2.67. The molecule has 1 aliphatic rings. The van der Waals surface area contributed by atoms with Gasteiger partial charge in [0, 0.05) is 26.2 Å². The highest BCUT2D eigenvalue weighted by Gasteiger charge is 2.26. The summed E-state index contributed by atoms with van der Waals surface area (Å²) in [4.78, 5) is 16.1. The summed E-state index contributed by atoms with van der Waals surface area (Å²) in [6.45, 7) is 3.19. The van der Waals surface area contributed by atoms with Crippen LogP contribution < -0.4 is 0 Å². The number of carbonyl (C=O) groups is 1. The first kappa shape index (κ1) is 18.5. The average molecular weight is 362 g/mol. The Kier molecular flexibility index (Phi) is 5.93. The molecule has 0 unspecified atom stereocenters. The first-order valence-corrected chi connectivity index (χ1v) is 8.75. The van der Waals surface area contributed by atoms with Crippen LogP contribution in [0, 0.1) is 17.5 Å². The molecule has 3 nitrogen and oxygen atoms in total. The van der Waals surface area contributed by atoms with E-state index in [9.17, 15) is 18.0 Å². The Balaban J connectivity index is 1.49. The van der Waals surface area contributed by atoms with Gasteiger partial charge < -0.3 is 4.90 Å². The third kappa shape index (κ3) is 4.25. The zero-order chi connectivity index (χ0) is 18.5. The quantitative estimate of drug-likeness (QED) is 0.760. The molecule has 0 radical (unpaired) electrons. The maximum absolute atomic E-state index is 13.8. The zero-order valence-electron chi connectivity index (χ0n) is 14.4. The van der Waals surface area contributed by atoms with E-state index in [2.05, 4.69) is 17.0 Å². The van der Waals surface area contributed by atoms with Crippen molar-refractivity contribution >= 4 is 5.91 Å². The monoisotopic (exact) mass is 362 g/mol. The number of amides is 1. The molecule has 1 aliphatic heterocycles. The number of benzene rings is 2. The lowest BCUT2D eigenvalue weighted by Crippen LogP contribution is -2.49. The van der Waals surface area contributed by atoms with Gasteiger partial charge in [-0.05, 0) is 37.1 Å². The second-order valence-electron chi connectivity index (χ2n) is 6.45. The second-order valence-corrected chi connectivity index (χ2v) is 6.45. The largest absolute Gasteiger partial charge is 0.336 e. The molecule has 0 aliphatic carbocycles. The highest BCUT2D eigenvalue weighted by Crippen LogP contribution is 2.18. The van der Waals surface area contributed by atoms with Crippen molar-refractivity contribution in [2.45, 2.75) is 12.8 Å². The third-order valence-electron chi connectivity index (χ3n) is 4.71. The van der Waals surface area contributed by atoms with E-state index in [1.54, 1.807) is 0 Å². The van der Waals surface area contributed by atoms with Gasteiger partial charge in [-0.25, -0.2) is 13.2 Å². The Morgan fingerprint density at radius 2 is 1.58 bits per heavy atom. The Hall–Kier alpha value is -2.34. The van der Waals surface area contributed by atoms with E-state index in [1.165, 1.54) is 10.5 Å². The highest BCUT2D eigenvalue weighted by molar-refractivity contribution is 5.94. The number of hydrogen-bond donors (Lipinski definition) is 0. The van der Waals surface area contributed by atoms with Gasteiger partial charge in [-0.2, -0.15) is 0 Å². The fourth-order valence-corrected chi connectivity index (χ4v) is 3.19. The maximum atomic E-state index is 13.8. The van der Waals surface area contributed by atoms with Gasteiger partial charge in [0.15, 0.2) is 17.5 Å². The van der Waals surface area contributed by atoms with Gasteiger partial charge in [0.1, 0.15) is 0 Å². The van der Waals surface area contributed by atoms with Crippen molar-refractivity contribution in [3.05, 3.63) is 71.0 Å². The van der Waals surface area contributed by atoms with Crippen LogP contribution in [0.4, 0.5) is 13.2 Å². The van der Waals surface area contributed by atoms with Crippen molar-refractivity contribution in [2.24, 2.45) is 0 Å². The van der Waals surface area contributed by atoms with Crippen molar-refractivity contribution in [3.63, 3.8) is 0 Å². The fourth-order valence-electron chi connectivity index (χ4n) is 3.19. The standard InChI is InChI=1S/C20H21F3N2O/c21-17-9-8-16(18(22)19(17)23)20(26)25-13-11-24(12-14-25)10-4-7-15-5-2-1-3-6-15/h1-3,5-6,8-9H,4,7,10-14H2. The molecule has 26 heavy (non-hydrogen) atoms. The normalized spacial score (nSPS) is 15.3. The Labute approximate surface area is 151 Å². The maximum Gasteiger partial charge on any atom is 0.257 e. The van der Waals surface area contributed by atoms with Crippen LogP contribution in [0.25, 0.3) is 0 Å². The molecule has 6 heteroatoms. The number of carbonyl (C=O) groups excluding carboxylic acids is 1. The first-order chi connectivity index (χ1) is 12.6. The minimum Gasteiger partial charge on any atom is -0.336 e. The highest BCUT2D eigenvalue weighted by atomic mass is 19.2. The molecule has 0 bridgehead atoms. The molecule has 1 heterocycles. The van der Waals surface area contributed by atoms with Gasteiger partial charge >= 0.3 is 0 Å². The summed E-state index contributed by atoms with van der Waals surface area (Å²) < 4.78 is 40.1. The minimum absolute atomic E-state index is 0.415. The van der Waals surface area contributed by atoms with Crippen LogP contribution in [0.3, 0.4) is 0 Å². The van der Waals surface area contributed by atoms with Crippen LogP contribution >= 0.6 is 0 Å². The predicted octanol–water partition coefficient (Wildman–Crippen LogP) is 3.49. The lowest BCUT2D eigenvalue weighted by molar-refractivity contribution is 0.0630. The van der Waals surface area contributed by atoms with Gasteiger partial charge in [0.25, 0.3) is 5.91 Å². The van der Waals surface area contributed by atoms with Crippen molar-refractivity contribution in [2.75, 3.05) is 32.7 Å². The fraction of sp³-hybridized carbons (Fsp3) is 0.350. The molecule has 0 aromatic heterocycles. The molecule has 138 valence electrons. The summed E-state index contributed by atoms with van der Waals surface area (Å²) in [5.41, 5.74) is 0.886. The van der Waals surface area contributed by atoms with Crippen LogP contribution in [0.5, 0.6) is 0 Å². The van der Waals surface area contributed by atoms with Crippen LogP contribution in [0.2, 0.25) is 0 Å². The number of hydrogen-bond acceptors (Lipinski definition) is 2. The van der Waals surface area contributed by atoms with E-state index < -0.39 is 28.9 Å².